The first-order valence-electron chi connectivity index (χ1n) is 6.24. The highest BCUT2D eigenvalue weighted by molar-refractivity contribution is 5.90. The zero-order valence-corrected chi connectivity index (χ0v) is 10.3. The highest BCUT2D eigenvalue weighted by Crippen LogP contribution is 2.12. The molecule has 0 saturated carbocycles. The minimum atomic E-state index is -0.0599. The third-order valence-corrected chi connectivity index (χ3v) is 2.75. The monoisotopic (exact) mass is 250 g/mol. The van der Waals surface area contributed by atoms with Gasteiger partial charge in [0.05, 0.1) is 37.6 Å². The number of ether oxygens (including phenoxy) is 2. The fourth-order valence-electron chi connectivity index (χ4n) is 1.82. The van der Waals surface area contributed by atoms with Crippen molar-refractivity contribution in [2.45, 2.75) is 25.4 Å². The third-order valence-electron chi connectivity index (χ3n) is 2.75. The molecule has 1 aromatic heterocycles. The minimum absolute atomic E-state index is 0.0599. The van der Waals surface area contributed by atoms with E-state index >= 15 is 0 Å². The highest BCUT2D eigenvalue weighted by Gasteiger charge is 2.15. The SMILES string of the molecule is O=C(CCOCC1CCCO1)Nc1cccnc1. The Morgan fingerprint density at radius 2 is 2.56 bits per heavy atom. The number of amides is 1. The summed E-state index contributed by atoms with van der Waals surface area (Å²) < 4.78 is 10.8. The van der Waals surface area contributed by atoms with Crippen LogP contribution in [0.5, 0.6) is 0 Å². The summed E-state index contributed by atoms with van der Waals surface area (Å²) in [5.74, 6) is -0.0599. The molecule has 5 nitrogen and oxygen atoms in total. The van der Waals surface area contributed by atoms with Crippen LogP contribution >= 0.6 is 0 Å². The van der Waals surface area contributed by atoms with E-state index in [4.69, 9.17) is 9.47 Å². The predicted molar refractivity (Wildman–Crippen MR) is 67.3 cm³/mol. The van der Waals surface area contributed by atoms with Gasteiger partial charge in [0.2, 0.25) is 5.91 Å². The van der Waals surface area contributed by atoms with E-state index in [1.165, 1.54) is 0 Å². The van der Waals surface area contributed by atoms with Gasteiger partial charge in [-0.05, 0) is 25.0 Å². The van der Waals surface area contributed by atoms with E-state index < -0.39 is 0 Å². The van der Waals surface area contributed by atoms with Crippen molar-refractivity contribution in [3.63, 3.8) is 0 Å². The average molecular weight is 250 g/mol. The first kappa shape index (κ1) is 13.0. The summed E-state index contributed by atoms with van der Waals surface area (Å²) in [7, 11) is 0. The molecular weight excluding hydrogens is 232 g/mol. The number of nitrogens with zero attached hydrogens (tertiary/aromatic N) is 1. The molecule has 1 fully saturated rings. The topological polar surface area (TPSA) is 60.5 Å². The highest BCUT2D eigenvalue weighted by atomic mass is 16.5. The standard InChI is InChI=1S/C13H18N2O3/c16-13(15-11-3-1-6-14-9-11)5-8-17-10-12-4-2-7-18-12/h1,3,6,9,12H,2,4-5,7-8,10H2,(H,15,16). The first-order valence-corrected chi connectivity index (χ1v) is 6.24. The Bertz CT molecular complexity index is 364. The van der Waals surface area contributed by atoms with E-state index in [0.717, 1.165) is 19.4 Å². The quantitative estimate of drug-likeness (QED) is 0.779. The van der Waals surface area contributed by atoms with E-state index in [9.17, 15) is 4.79 Å². The molecule has 0 aromatic carbocycles. The third kappa shape index (κ3) is 4.43. The van der Waals surface area contributed by atoms with Gasteiger partial charge in [0.1, 0.15) is 0 Å². The van der Waals surface area contributed by atoms with Crippen molar-refractivity contribution in [1.29, 1.82) is 0 Å². The molecule has 1 amide bonds. The van der Waals surface area contributed by atoms with Gasteiger partial charge < -0.3 is 14.8 Å². The summed E-state index contributed by atoms with van der Waals surface area (Å²) in [6.45, 7) is 1.83. The lowest BCUT2D eigenvalue weighted by Crippen LogP contribution is -2.18. The summed E-state index contributed by atoms with van der Waals surface area (Å²) in [5, 5.41) is 2.76. The van der Waals surface area contributed by atoms with Gasteiger partial charge in [-0.15, -0.1) is 0 Å². The number of pyridine rings is 1. The van der Waals surface area contributed by atoms with Gasteiger partial charge in [0.25, 0.3) is 0 Å². The molecule has 0 bridgehead atoms. The number of rotatable bonds is 6. The van der Waals surface area contributed by atoms with E-state index in [2.05, 4.69) is 10.3 Å². The van der Waals surface area contributed by atoms with Crippen molar-refractivity contribution in [3.8, 4) is 0 Å². The molecule has 0 spiro atoms. The van der Waals surface area contributed by atoms with Crippen molar-refractivity contribution in [1.82, 2.24) is 4.98 Å². The molecule has 1 saturated heterocycles. The van der Waals surface area contributed by atoms with E-state index in [1.54, 1.807) is 24.5 Å². The van der Waals surface area contributed by atoms with Crippen LogP contribution in [-0.4, -0.2) is 36.8 Å². The second kappa shape index (κ2) is 7.08. The first-order chi connectivity index (χ1) is 8.84. The van der Waals surface area contributed by atoms with Crippen molar-refractivity contribution >= 4 is 11.6 Å². The van der Waals surface area contributed by atoms with Crippen LogP contribution < -0.4 is 5.32 Å². The fourth-order valence-corrected chi connectivity index (χ4v) is 1.82. The molecule has 1 aliphatic rings. The number of hydrogen-bond donors (Lipinski definition) is 1. The van der Waals surface area contributed by atoms with Gasteiger partial charge in [0, 0.05) is 12.8 Å². The molecule has 0 radical (unpaired) electrons. The Balaban J connectivity index is 1.57. The minimum Gasteiger partial charge on any atom is -0.378 e. The van der Waals surface area contributed by atoms with E-state index in [0.29, 0.717) is 25.3 Å². The maximum absolute atomic E-state index is 11.6. The molecule has 0 aliphatic carbocycles. The van der Waals surface area contributed by atoms with Crippen molar-refractivity contribution in [2.24, 2.45) is 0 Å². The van der Waals surface area contributed by atoms with E-state index in [1.807, 2.05) is 0 Å². The van der Waals surface area contributed by atoms with Gasteiger partial charge >= 0.3 is 0 Å². The maximum Gasteiger partial charge on any atom is 0.226 e. The van der Waals surface area contributed by atoms with Gasteiger partial charge in [-0.25, -0.2) is 0 Å². The lowest BCUT2D eigenvalue weighted by Gasteiger charge is -2.10. The molecule has 1 aromatic rings. The van der Waals surface area contributed by atoms with Crippen LogP contribution in [0.2, 0.25) is 0 Å². The molecule has 1 unspecified atom stereocenters. The molecule has 5 heteroatoms. The second-order valence-electron chi connectivity index (χ2n) is 4.25. The normalized spacial score (nSPS) is 18.8. The largest absolute Gasteiger partial charge is 0.378 e. The van der Waals surface area contributed by atoms with Crippen molar-refractivity contribution < 1.29 is 14.3 Å². The Morgan fingerprint density at radius 1 is 1.61 bits per heavy atom. The fraction of sp³-hybridized carbons (Fsp3) is 0.538. The van der Waals surface area contributed by atoms with Crippen LogP contribution in [0.1, 0.15) is 19.3 Å². The maximum atomic E-state index is 11.6. The molecular formula is C13H18N2O3. The summed E-state index contributed by atoms with van der Waals surface area (Å²) in [5.41, 5.74) is 0.710. The van der Waals surface area contributed by atoms with Gasteiger partial charge in [-0.1, -0.05) is 0 Å². The van der Waals surface area contributed by atoms with Crippen LogP contribution in [-0.2, 0) is 14.3 Å². The average Bonchev–Trinajstić information content (AvgIpc) is 2.89. The molecule has 1 aliphatic heterocycles. The predicted octanol–water partition coefficient (Wildman–Crippen LogP) is 1.61. The number of carbonyl (C=O) groups excluding carboxylic acids is 1. The number of anilines is 1. The zero-order valence-electron chi connectivity index (χ0n) is 10.3. The van der Waals surface area contributed by atoms with Crippen LogP contribution in [0.25, 0.3) is 0 Å². The molecule has 2 rings (SSSR count). The van der Waals surface area contributed by atoms with Crippen molar-refractivity contribution in [2.75, 3.05) is 25.1 Å². The van der Waals surface area contributed by atoms with Crippen LogP contribution in [0.3, 0.4) is 0 Å². The van der Waals surface area contributed by atoms with Crippen molar-refractivity contribution in [3.05, 3.63) is 24.5 Å². The Morgan fingerprint density at radius 3 is 3.28 bits per heavy atom. The summed E-state index contributed by atoms with van der Waals surface area (Å²) >= 11 is 0. The summed E-state index contributed by atoms with van der Waals surface area (Å²) in [6, 6.07) is 3.58. The van der Waals surface area contributed by atoms with Gasteiger partial charge in [-0.2, -0.15) is 0 Å². The number of carbonyl (C=O) groups is 1. The Labute approximate surface area is 107 Å². The molecule has 2 heterocycles. The Hall–Kier alpha value is -1.46. The molecule has 98 valence electrons. The smallest absolute Gasteiger partial charge is 0.226 e. The van der Waals surface area contributed by atoms with Gasteiger partial charge in [0.15, 0.2) is 0 Å². The molecule has 1 atom stereocenters. The van der Waals surface area contributed by atoms with Gasteiger partial charge in [-0.3, -0.25) is 9.78 Å². The molecule has 1 N–H and O–H groups in total. The lowest BCUT2D eigenvalue weighted by atomic mass is 10.2. The summed E-state index contributed by atoms with van der Waals surface area (Å²) in [6.07, 6.45) is 6.01. The van der Waals surface area contributed by atoms with Crippen LogP contribution in [0.4, 0.5) is 5.69 Å². The number of aromatic nitrogens is 1. The van der Waals surface area contributed by atoms with Crippen LogP contribution in [0, 0.1) is 0 Å². The summed E-state index contributed by atoms with van der Waals surface area (Å²) in [4.78, 5) is 15.5. The van der Waals surface area contributed by atoms with E-state index in [-0.39, 0.29) is 12.0 Å². The van der Waals surface area contributed by atoms with Crippen LogP contribution in [0.15, 0.2) is 24.5 Å². The Kier molecular flexibility index (Phi) is 5.11. The number of hydrogen-bond acceptors (Lipinski definition) is 4. The zero-order chi connectivity index (χ0) is 12.6. The lowest BCUT2D eigenvalue weighted by molar-refractivity contribution is -0.117. The molecule has 18 heavy (non-hydrogen) atoms. The second-order valence-corrected chi connectivity index (χ2v) is 4.25. The number of nitrogens with one attached hydrogen (secondary N) is 1.